The highest BCUT2D eigenvalue weighted by atomic mass is 35.5. The number of amidine groups is 1. The number of hydrogen-bond acceptors (Lipinski definition) is 3. The second kappa shape index (κ2) is 9.10. The molecule has 1 fully saturated rings. The molecule has 1 heterocycles. The van der Waals surface area contributed by atoms with Gasteiger partial charge in [-0.15, -0.1) is 0 Å². The number of hydrogen-bond donors (Lipinski definition) is 2. The number of rotatable bonds is 6. The number of carbonyl (C=O) groups is 2. The number of nitrogens with zero attached hydrogens (tertiary/aromatic N) is 1. The molecule has 0 bridgehead atoms. The SMILES string of the molecule is N=C(c1ccc(C(=O)Cc2ccc(Cl)cc2C(=O)Nc2ccc(Cl)cc2)c(F)c1)N1CC1. The zero-order chi connectivity index (χ0) is 22.8. The number of amides is 1. The van der Waals surface area contributed by atoms with Crippen LogP contribution in [-0.4, -0.2) is 35.5 Å². The van der Waals surface area contributed by atoms with Crippen LogP contribution in [0.2, 0.25) is 10.0 Å². The van der Waals surface area contributed by atoms with Gasteiger partial charge in [0.2, 0.25) is 0 Å². The Morgan fingerprint density at radius 3 is 2.28 bits per heavy atom. The predicted octanol–water partition coefficient (Wildman–Crippen LogP) is 5.45. The van der Waals surface area contributed by atoms with Crippen LogP contribution in [0.5, 0.6) is 0 Å². The van der Waals surface area contributed by atoms with E-state index in [4.69, 9.17) is 28.6 Å². The van der Waals surface area contributed by atoms with Gasteiger partial charge in [0, 0.05) is 46.4 Å². The van der Waals surface area contributed by atoms with Crippen LogP contribution in [0.25, 0.3) is 0 Å². The number of benzene rings is 3. The van der Waals surface area contributed by atoms with E-state index in [-0.39, 0.29) is 23.4 Å². The summed E-state index contributed by atoms with van der Waals surface area (Å²) in [5, 5.41) is 11.6. The lowest BCUT2D eigenvalue weighted by atomic mass is 9.97. The molecular formula is C24H18Cl2FN3O2. The Bertz CT molecular complexity index is 1220. The van der Waals surface area contributed by atoms with Crippen LogP contribution in [0.3, 0.4) is 0 Å². The van der Waals surface area contributed by atoms with Gasteiger partial charge in [0.15, 0.2) is 5.78 Å². The van der Waals surface area contributed by atoms with Crippen molar-refractivity contribution in [1.29, 1.82) is 5.41 Å². The molecule has 3 aromatic rings. The van der Waals surface area contributed by atoms with E-state index in [1.54, 1.807) is 47.4 Å². The van der Waals surface area contributed by atoms with Crippen molar-refractivity contribution in [2.75, 3.05) is 18.4 Å². The van der Waals surface area contributed by atoms with E-state index in [9.17, 15) is 14.0 Å². The molecule has 0 unspecified atom stereocenters. The smallest absolute Gasteiger partial charge is 0.256 e. The summed E-state index contributed by atoms with van der Waals surface area (Å²) in [5.41, 5.74) is 1.51. The van der Waals surface area contributed by atoms with E-state index in [0.29, 0.717) is 26.9 Å². The van der Waals surface area contributed by atoms with Gasteiger partial charge in [-0.2, -0.15) is 0 Å². The first-order chi connectivity index (χ1) is 15.3. The molecule has 8 heteroatoms. The zero-order valence-corrected chi connectivity index (χ0v) is 18.3. The van der Waals surface area contributed by atoms with Crippen LogP contribution in [0.1, 0.15) is 31.8 Å². The van der Waals surface area contributed by atoms with E-state index in [0.717, 1.165) is 13.1 Å². The molecule has 0 aromatic heterocycles. The van der Waals surface area contributed by atoms with Crippen LogP contribution in [-0.2, 0) is 6.42 Å². The summed E-state index contributed by atoms with van der Waals surface area (Å²) in [5.74, 6) is -1.38. The Labute approximate surface area is 194 Å². The number of ketones is 1. The number of nitrogens with one attached hydrogen (secondary N) is 2. The maximum Gasteiger partial charge on any atom is 0.256 e. The van der Waals surface area contributed by atoms with Crippen molar-refractivity contribution in [2.24, 2.45) is 0 Å². The first-order valence-corrected chi connectivity index (χ1v) is 10.6. The fourth-order valence-corrected chi connectivity index (χ4v) is 3.56. The zero-order valence-electron chi connectivity index (χ0n) is 16.8. The van der Waals surface area contributed by atoms with Gasteiger partial charge in [-0.1, -0.05) is 35.3 Å². The number of halogens is 3. The monoisotopic (exact) mass is 469 g/mol. The molecule has 1 amide bonds. The summed E-state index contributed by atoms with van der Waals surface area (Å²) in [6, 6.07) is 15.4. The molecule has 0 radical (unpaired) electrons. The van der Waals surface area contributed by atoms with Crippen molar-refractivity contribution in [2.45, 2.75) is 6.42 Å². The van der Waals surface area contributed by atoms with Crippen LogP contribution in [0.15, 0.2) is 60.7 Å². The Kier molecular flexibility index (Phi) is 6.26. The molecule has 4 rings (SSSR count). The van der Waals surface area contributed by atoms with Gasteiger partial charge in [-0.3, -0.25) is 15.0 Å². The maximum absolute atomic E-state index is 14.6. The first-order valence-electron chi connectivity index (χ1n) is 9.84. The van der Waals surface area contributed by atoms with Crippen molar-refractivity contribution in [1.82, 2.24) is 4.90 Å². The Morgan fingerprint density at radius 1 is 0.938 bits per heavy atom. The second-order valence-electron chi connectivity index (χ2n) is 7.39. The maximum atomic E-state index is 14.6. The molecule has 5 nitrogen and oxygen atoms in total. The van der Waals surface area contributed by atoms with Crippen LogP contribution in [0.4, 0.5) is 10.1 Å². The second-order valence-corrected chi connectivity index (χ2v) is 8.27. The summed E-state index contributed by atoms with van der Waals surface area (Å²) >= 11 is 11.9. The van der Waals surface area contributed by atoms with Crippen molar-refractivity contribution < 1.29 is 14.0 Å². The van der Waals surface area contributed by atoms with E-state index in [1.165, 1.54) is 18.2 Å². The van der Waals surface area contributed by atoms with E-state index < -0.39 is 17.5 Å². The summed E-state index contributed by atoms with van der Waals surface area (Å²) in [6.07, 6.45) is -0.180. The van der Waals surface area contributed by atoms with E-state index in [2.05, 4.69) is 5.32 Å². The van der Waals surface area contributed by atoms with Crippen molar-refractivity contribution >= 4 is 46.4 Å². The molecule has 0 spiro atoms. The van der Waals surface area contributed by atoms with Crippen LogP contribution in [0, 0.1) is 11.2 Å². The van der Waals surface area contributed by atoms with Crippen LogP contribution < -0.4 is 5.32 Å². The van der Waals surface area contributed by atoms with Gasteiger partial charge in [-0.25, -0.2) is 4.39 Å². The Balaban J connectivity index is 1.55. The lowest BCUT2D eigenvalue weighted by molar-refractivity contribution is 0.0988. The van der Waals surface area contributed by atoms with Gasteiger partial charge >= 0.3 is 0 Å². The lowest BCUT2D eigenvalue weighted by Crippen LogP contribution is -2.17. The number of anilines is 1. The highest BCUT2D eigenvalue weighted by molar-refractivity contribution is 6.31. The molecule has 1 aliphatic heterocycles. The Hall–Kier alpha value is -3.22. The molecule has 1 aliphatic rings. The highest BCUT2D eigenvalue weighted by Gasteiger charge is 2.24. The summed E-state index contributed by atoms with van der Waals surface area (Å²) in [7, 11) is 0. The number of carbonyl (C=O) groups excluding carboxylic acids is 2. The third kappa shape index (κ3) is 4.98. The first kappa shape index (κ1) is 22.0. The van der Waals surface area contributed by atoms with Gasteiger partial charge in [-0.05, 0) is 54.1 Å². The normalized spacial score (nSPS) is 12.4. The average Bonchev–Trinajstić information content (AvgIpc) is 3.61. The Morgan fingerprint density at radius 2 is 1.62 bits per heavy atom. The van der Waals surface area contributed by atoms with Crippen molar-refractivity contribution in [3.8, 4) is 0 Å². The fraction of sp³-hybridized carbons (Fsp3) is 0.125. The van der Waals surface area contributed by atoms with Crippen LogP contribution >= 0.6 is 23.2 Å². The minimum Gasteiger partial charge on any atom is -0.353 e. The van der Waals surface area contributed by atoms with E-state index >= 15 is 0 Å². The molecule has 3 aromatic carbocycles. The average molecular weight is 470 g/mol. The van der Waals surface area contributed by atoms with Gasteiger partial charge in [0.05, 0.1) is 5.56 Å². The molecular weight excluding hydrogens is 452 g/mol. The van der Waals surface area contributed by atoms with Crippen molar-refractivity contribution in [3.05, 3.63) is 98.8 Å². The molecule has 0 aliphatic carbocycles. The molecule has 0 saturated carbocycles. The van der Waals surface area contributed by atoms with Crippen molar-refractivity contribution in [3.63, 3.8) is 0 Å². The topological polar surface area (TPSA) is 73.0 Å². The summed E-state index contributed by atoms with van der Waals surface area (Å²) < 4.78 is 14.6. The largest absolute Gasteiger partial charge is 0.353 e. The van der Waals surface area contributed by atoms with E-state index in [1.807, 2.05) is 0 Å². The third-order valence-corrected chi connectivity index (χ3v) is 5.56. The number of Topliss-reactive ketones (excluding diaryl/α,β-unsaturated/α-hetero) is 1. The molecule has 2 N–H and O–H groups in total. The summed E-state index contributed by atoms with van der Waals surface area (Å²) in [4.78, 5) is 27.5. The molecule has 162 valence electrons. The van der Waals surface area contributed by atoms with Gasteiger partial charge in [0.1, 0.15) is 11.7 Å². The molecule has 0 atom stereocenters. The lowest BCUT2D eigenvalue weighted by Gasteiger charge is -2.12. The fourth-order valence-electron chi connectivity index (χ4n) is 3.26. The predicted molar refractivity (Wildman–Crippen MR) is 124 cm³/mol. The van der Waals surface area contributed by atoms with Gasteiger partial charge in [0.25, 0.3) is 5.91 Å². The third-order valence-electron chi connectivity index (χ3n) is 5.08. The quantitative estimate of drug-likeness (QED) is 0.218. The highest BCUT2D eigenvalue weighted by Crippen LogP contribution is 2.22. The summed E-state index contributed by atoms with van der Waals surface area (Å²) in [6.45, 7) is 1.55. The standard InChI is InChI=1S/C24H18Cl2FN3O2/c25-16-4-6-18(7-5-16)29-24(32)20-13-17(26)3-1-14(20)12-22(31)19-8-2-15(11-21(19)27)23(28)30-9-10-30/h1-8,11,13,28H,9-10,12H2,(H,29,32). The van der Waals surface area contributed by atoms with Gasteiger partial charge < -0.3 is 10.2 Å². The minimum absolute atomic E-state index is 0.0913. The molecule has 1 saturated heterocycles. The minimum atomic E-state index is -0.694. The molecule has 32 heavy (non-hydrogen) atoms.